The van der Waals surface area contributed by atoms with E-state index in [2.05, 4.69) is 59.9 Å². The van der Waals surface area contributed by atoms with E-state index >= 15 is 0 Å². The summed E-state index contributed by atoms with van der Waals surface area (Å²) in [6.07, 6.45) is 3.05. The monoisotopic (exact) mass is 346 g/mol. The first-order valence-electron chi connectivity index (χ1n) is 7.60. The van der Waals surface area contributed by atoms with Crippen LogP contribution in [0.15, 0.2) is 47.0 Å². The van der Waals surface area contributed by atoms with E-state index in [1.54, 1.807) is 0 Å². The molecule has 3 heteroatoms. The first kappa shape index (κ1) is 16.2. The Morgan fingerprint density at radius 1 is 1.33 bits per heavy atom. The maximum absolute atomic E-state index is 4.86. The van der Waals surface area contributed by atoms with Gasteiger partial charge in [-0.2, -0.15) is 0 Å². The van der Waals surface area contributed by atoms with Crippen LogP contribution in [0.5, 0.6) is 0 Å². The van der Waals surface area contributed by atoms with E-state index in [-0.39, 0.29) is 6.04 Å². The minimum Gasteiger partial charge on any atom is -0.308 e. The van der Waals surface area contributed by atoms with Gasteiger partial charge in [0.2, 0.25) is 0 Å². The SMILES string of the molecule is C=C(CC)CC(NCCC)c1nc2ccccc2cc1Br. The number of rotatable bonds is 7. The molecule has 0 amide bonds. The average molecular weight is 347 g/mol. The molecule has 1 atom stereocenters. The molecule has 0 aliphatic rings. The van der Waals surface area contributed by atoms with Gasteiger partial charge in [0.05, 0.1) is 17.3 Å². The Kier molecular flexibility index (Phi) is 5.95. The van der Waals surface area contributed by atoms with E-state index in [1.807, 2.05) is 12.1 Å². The second-order valence-electron chi connectivity index (χ2n) is 5.36. The van der Waals surface area contributed by atoms with E-state index in [9.17, 15) is 0 Å². The lowest BCUT2D eigenvalue weighted by molar-refractivity contribution is 0.512. The van der Waals surface area contributed by atoms with Crippen LogP contribution in [0.1, 0.15) is 44.8 Å². The van der Waals surface area contributed by atoms with Gasteiger partial charge < -0.3 is 5.32 Å². The molecule has 0 aliphatic carbocycles. The smallest absolute Gasteiger partial charge is 0.0725 e. The maximum Gasteiger partial charge on any atom is 0.0725 e. The summed E-state index contributed by atoms with van der Waals surface area (Å²) in [6, 6.07) is 10.6. The van der Waals surface area contributed by atoms with Crippen LogP contribution in [0.4, 0.5) is 0 Å². The fourth-order valence-electron chi connectivity index (χ4n) is 2.37. The summed E-state index contributed by atoms with van der Waals surface area (Å²) in [5.41, 5.74) is 3.38. The van der Waals surface area contributed by atoms with Gasteiger partial charge >= 0.3 is 0 Å². The van der Waals surface area contributed by atoms with Crippen LogP contribution in [0.25, 0.3) is 10.9 Å². The minimum absolute atomic E-state index is 0.219. The fourth-order valence-corrected chi connectivity index (χ4v) is 2.98. The summed E-state index contributed by atoms with van der Waals surface area (Å²) in [5.74, 6) is 0. The maximum atomic E-state index is 4.86. The van der Waals surface area contributed by atoms with Gasteiger partial charge in [0, 0.05) is 9.86 Å². The van der Waals surface area contributed by atoms with Crippen molar-refractivity contribution in [1.29, 1.82) is 0 Å². The third-order valence-corrected chi connectivity index (χ3v) is 4.30. The zero-order valence-electron chi connectivity index (χ0n) is 12.8. The van der Waals surface area contributed by atoms with Crippen LogP contribution in [-0.4, -0.2) is 11.5 Å². The molecule has 1 N–H and O–H groups in total. The number of pyridine rings is 1. The third-order valence-electron chi connectivity index (χ3n) is 3.67. The zero-order valence-corrected chi connectivity index (χ0v) is 14.4. The summed E-state index contributed by atoms with van der Waals surface area (Å²) in [5, 5.41) is 4.77. The Morgan fingerprint density at radius 3 is 2.81 bits per heavy atom. The summed E-state index contributed by atoms with van der Waals surface area (Å²) in [7, 11) is 0. The van der Waals surface area contributed by atoms with Crippen LogP contribution in [0, 0.1) is 0 Å². The van der Waals surface area contributed by atoms with Gasteiger partial charge in [-0.1, -0.05) is 44.2 Å². The van der Waals surface area contributed by atoms with E-state index in [4.69, 9.17) is 4.98 Å². The standard InChI is InChI=1S/C18H23BrN2/c1-4-10-20-17(11-13(3)5-2)18-15(19)12-14-8-6-7-9-16(14)21-18/h6-9,12,17,20H,3-5,10-11H2,1-2H3. The minimum atomic E-state index is 0.219. The van der Waals surface area contributed by atoms with Crippen LogP contribution < -0.4 is 5.32 Å². The second-order valence-corrected chi connectivity index (χ2v) is 6.22. The molecule has 0 saturated heterocycles. The highest BCUT2D eigenvalue weighted by molar-refractivity contribution is 9.10. The van der Waals surface area contributed by atoms with Crippen LogP contribution in [0.2, 0.25) is 0 Å². The molecule has 1 heterocycles. The molecule has 1 aromatic heterocycles. The van der Waals surface area contributed by atoms with Crippen LogP contribution >= 0.6 is 15.9 Å². The number of para-hydroxylation sites is 1. The number of aromatic nitrogens is 1. The summed E-state index contributed by atoms with van der Waals surface area (Å²) in [6.45, 7) is 9.48. The second kappa shape index (κ2) is 7.71. The number of nitrogens with zero attached hydrogens (tertiary/aromatic N) is 1. The Morgan fingerprint density at radius 2 is 2.10 bits per heavy atom. The topological polar surface area (TPSA) is 24.9 Å². The summed E-state index contributed by atoms with van der Waals surface area (Å²) >= 11 is 3.69. The highest BCUT2D eigenvalue weighted by atomic mass is 79.9. The van der Waals surface area contributed by atoms with Crippen molar-refractivity contribution in [2.75, 3.05) is 6.54 Å². The largest absolute Gasteiger partial charge is 0.308 e. The molecule has 0 aliphatic heterocycles. The first-order chi connectivity index (χ1) is 10.2. The van der Waals surface area contributed by atoms with Crippen LogP contribution in [-0.2, 0) is 0 Å². The lowest BCUT2D eigenvalue weighted by atomic mass is 10.0. The quantitative estimate of drug-likeness (QED) is 0.679. The Hall–Kier alpha value is -1.19. The molecular weight excluding hydrogens is 324 g/mol. The van der Waals surface area contributed by atoms with Gasteiger partial charge in [-0.25, -0.2) is 4.98 Å². The molecule has 112 valence electrons. The van der Waals surface area contributed by atoms with Crippen molar-refractivity contribution in [3.8, 4) is 0 Å². The van der Waals surface area contributed by atoms with Crippen molar-refractivity contribution >= 4 is 26.8 Å². The molecule has 0 bridgehead atoms. The molecule has 2 nitrogen and oxygen atoms in total. The van der Waals surface area contributed by atoms with Crippen molar-refractivity contribution < 1.29 is 0 Å². The predicted molar refractivity (Wildman–Crippen MR) is 94.5 cm³/mol. The molecular formula is C18H23BrN2. The Labute approximate surface area is 135 Å². The molecule has 2 rings (SSSR count). The number of hydrogen-bond acceptors (Lipinski definition) is 2. The molecule has 0 radical (unpaired) electrons. The van der Waals surface area contributed by atoms with Crippen molar-refractivity contribution in [3.63, 3.8) is 0 Å². The van der Waals surface area contributed by atoms with E-state index in [0.717, 1.165) is 46.9 Å². The van der Waals surface area contributed by atoms with E-state index in [1.165, 1.54) is 5.57 Å². The van der Waals surface area contributed by atoms with Gasteiger partial charge in [-0.3, -0.25) is 0 Å². The van der Waals surface area contributed by atoms with Gasteiger partial charge in [-0.05, 0) is 53.9 Å². The van der Waals surface area contributed by atoms with Gasteiger partial charge in [0.1, 0.15) is 0 Å². The molecule has 0 fully saturated rings. The first-order valence-corrected chi connectivity index (χ1v) is 8.40. The average Bonchev–Trinajstić information content (AvgIpc) is 2.50. The highest BCUT2D eigenvalue weighted by Gasteiger charge is 2.17. The third kappa shape index (κ3) is 4.14. The molecule has 2 aromatic rings. The van der Waals surface area contributed by atoms with E-state index < -0.39 is 0 Å². The van der Waals surface area contributed by atoms with E-state index in [0.29, 0.717) is 0 Å². The number of benzene rings is 1. The van der Waals surface area contributed by atoms with Gasteiger partial charge in [-0.15, -0.1) is 0 Å². The Bertz CT molecular complexity index is 622. The van der Waals surface area contributed by atoms with Crippen molar-refractivity contribution in [3.05, 3.63) is 52.7 Å². The molecule has 0 spiro atoms. The summed E-state index contributed by atoms with van der Waals surface area (Å²) < 4.78 is 1.07. The zero-order chi connectivity index (χ0) is 15.2. The number of fused-ring (bicyclic) bond motifs is 1. The van der Waals surface area contributed by atoms with Crippen LogP contribution in [0.3, 0.4) is 0 Å². The fraction of sp³-hybridized carbons (Fsp3) is 0.389. The number of halogens is 1. The lowest BCUT2D eigenvalue weighted by Gasteiger charge is -2.20. The van der Waals surface area contributed by atoms with Gasteiger partial charge in [0.25, 0.3) is 0 Å². The summed E-state index contributed by atoms with van der Waals surface area (Å²) in [4.78, 5) is 4.86. The predicted octanol–water partition coefficient (Wildman–Crippen LogP) is 5.39. The normalized spacial score (nSPS) is 12.5. The van der Waals surface area contributed by atoms with Gasteiger partial charge in [0.15, 0.2) is 0 Å². The van der Waals surface area contributed by atoms with Crippen molar-refractivity contribution in [2.24, 2.45) is 0 Å². The molecule has 21 heavy (non-hydrogen) atoms. The highest BCUT2D eigenvalue weighted by Crippen LogP contribution is 2.29. The molecule has 1 unspecified atom stereocenters. The molecule has 0 saturated carbocycles. The number of hydrogen-bond donors (Lipinski definition) is 1. The Balaban J connectivity index is 2.37. The van der Waals surface area contributed by atoms with Crippen molar-refractivity contribution in [1.82, 2.24) is 10.3 Å². The lowest BCUT2D eigenvalue weighted by Crippen LogP contribution is -2.24. The molecule has 1 aromatic carbocycles. The number of nitrogens with one attached hydrogen (secondary N) is 1. The van der Waals surface area contributed by atoms with Crippen molar-refractivity contribution in [2.45, 2.75) is 39.2 Å².